The van der Waals surface area contributed by atoms with E-state index in [1.54, 1.807) is 6.92 Å². The number of fused-ring (bicyclic) bond motifs is 1. The Morgan fingerprint density at radius 3 is 2.18 bits per heavy atom. The van der Waals surface area contributed by atoms with Crippen molar-refractivity contribution in [1.82, 2.24) is 4.90 Å². The summed E-state index contributed by atoms with van der Waals surface area (Å²) >= 11 is 0. The van der Waals surface area contributed by atoms with Crippen molar-refractivity contribution >= 4 is 18.0 Å². The van der Waals surface area contributed by atoms with E-state index in [4.69, 9.17) is 4.74 Å². The molecule has 1 heterocycles. The van der Waals surface area contributed by atoms with Gasteiger partial charge in [-0.15, -0.1) is 0 Å². The second kappa shape index (κ2) is 7.06. The quantitative estimate of drug-likeness (QED) is 0.626. The van der Waals surface area contributed by atoms with Gasteiger partial charge in [0, 0.05) is 6.42 Å². The van der Waals surface area contributed by atoms with Crippen molar-refractivity contribution < 1.29 is 23.9 Å². The summed E-state index contributed by atoms with van der Waals surface area (Å²) in [6, 6.07) is 7.88. The Balaban J connectivity index is 0.000000238. The molecule has 6 nitrogen and oxygen atoms in total. The standard InChI is InChI=1S/C10H15NO5.C6H4/c1-3-4-8(12)15-6-5-11-7(2)9(13)16-10(11)14;1-2-6-4-3-5(1)6/h7H,3-6H2,1-2H3;1-4H. The smallest absolute Gasteiger partial charge is 0.418 e. The average Bonchev–Trinajstić information content (AvgIpc) is 2.70. The number of ether oxygens (including phenoxy) is 2. The maximum atomic E-state index is 11.1. The summed E-state index contributed by atoms with van der Waals surface area (Å²) in [5.41, 5.74) is 2.85. The lowest BCUT2D eigenvalue weighted by molar-refractivity contribution is -0.144. The first kappa shape index (κ1) is 16.0. The molecular weight excluding hydrogens is 286 g/mol. The third-order valence-electron chi connectivity index (χ3n) is 3.50. The van der Waals surface area contributed by atoms with Gasteiger partial charge < -0.3 is 9.47 Å². The summed E-state index contributed by atoms with van der Waals surface area (Å²) in [5.74, 6) is -0.862. The number of amides is 1. The zero-order valence-corrected chi connectivity index (χ0v) is 12.7. The molecule has 0 aromatic carbocycles. The van der Waals surface area contributed by atoms with Gasteiger partial charge in [0.25, 0.3) is 0 Å². The molecular formula is C16H19NO5. The molecule has 0 spiro atoms. The molecule has 0 radical (unpaired) electrons. The fraction of sp³-hybridized carbons (Fsp3) is 0.438. The molecule has 22 heavy (non-hydrogen) atoms. The molecule has 118 valence electrons. The fourth-order valence-electron chi connectivity index (χ4n) is 2.00. The molecule has 3 aliphatic rings. The molecule has 1 atom stereocenters. The van der Waals surface area contributed by atoms with Crippen LogP contribution in [0.3, 0.4) is 0 Å². The number of carbonyl (C=O) groups is 3. The summed E-state index contributed by atoms with van der Waals surface area (Å²) in [6.45, 7) is 3.72. The highest BCUT2D eigenvalue weighted by molar-refractivity contribution is 5.95. The van der Waals surface area contributed by atoms with Gasteiger partial charge in [-0.05, 0) is 24.5 Å². The molecule has 1 fully saturated rings. The molecule has 0 bridgehead atoms. The molecule has 0 aromatic rings. The van der Waals surface area contributed by atoms with E-state index < -0.39 is 18.1 Å². The van der Waals surface area contributed by atoms with Crippen molar-refractivity contribution in [2.24, 2.45) is 0 Å². The molecule has 6 heteroatoms. The van der Waals surface area contributed by atoms with Crippen LogP contribution in [0.5, 0.6) is 0 Å². The van der Waals surface area contributed by atoms with Crippen molar-refractivity contribution in [3.8, 4) is 11.1 Å². The predicted octanol–water partition coefficient (Wildman–Crippen LogP) is 2.36. The zero-order chi connectivity index (χ0) is 16.1. The number of esters is 2. The van der Waals surface area contributed by atoms with Gasteiger partial charge in [0.05, 0.1) is 6.54 Å². The van der Waals surface area contributed by atoms with E-state index >= 15 is 0 Å². The number of hydrogen-bond acceptors (Lipinski definition) is 5. The van der Waals surface area contributed by atoms with Crippen molar-refractivity contribution in [3.63, 3.8) is 0 Å². The van der Waals surface area contributed by atoms with Crippen LogP contribution in [0, 0.1) is 0 Å². The summed E-state index contributed by atoms with van der Waals surface area (Å²) in [6.07, 6.45) is 0.405. The second-order valence-electron chi connectivity index (χ2n) is 5.10. The Morgan fingerprint density at radius 1 is 1.23 bits per heavy atom. The van der Waals surface area contributed by atoms with Crippen molar-refractivity contribution in [2.75, 3.05) is 13.2 Å². The lowest BCUT2D eigenvalue weighted by Gasteiger charge is -2.15. The van der Waals surface area contributed by atoms with Gasteiger partial charge in [-0.3, -0.25) is 9.69 Å². The van der Waals surface area contributed by atoms with Crippen LogP contribution >= 0.6 is 0 Å². The molecule has 0 aromatic heterocycles. The minimum Gasteiger partial charge on any atom is -0.464 e. The van der Waals surface area contributed by atoms with Crippen molar-refractivity contribution in [3.05, 3.63) is 24.3 Å². The van der Waals surface area contributed by atoms with E-state index in [0.29, 0.717) is 6.42 Å². The van der Waals surface area contributed by atoms with Crippen LogP contribution in [0.4, 0.5) is 4.79 Å². The largest absolute Gasteiger partial charge is 0.464 e. The van der Waals surface area contributed by atoms with Gasteiger partial charge in [0.1, 0.15) is 12.6 Å². The van der Waals surface area contributed by atoms with Gasteiger partial charge in [0.2, 0.25) is 0 Å². The third-order valence-corrected chi connectivity index (χ3v) is 3.50. The highest BCUT2D eigenvalue weighted by Gasteiger charge is 2.37. The van der Waals surface area contributed by atoms with E-state index in [-0.39, 0.29) is 19.1 Å². The first-order valence-corrected chi connectivity index (χ1v) is 7.31. The lowest BCUT2D eigenvalue weighted by Crippen LogP contribution is -2.35. The number of benzene rings is 1. The Kier molecular flexibility index (Phi) is 5.14. The Bertz CT molecular complexity index is 545. The molecule has 2 aliphatic carbocycles. The van der Waals surface area contributed by atoms with Gasteiger partial charge in [0.15, 0.2) is 0 Å². The molecule has 1 unspecified atom stereocenters. The highest BCUT2D eigenvalue weighted by Crippen LogP contribution is 2.29. The summed E-state index contributed by atoms with van der Waals surface area (Å²) in [7, 11) is 0. The van der Waals surface area contributed by atoms with Gasteiger partial charge >= 0.3 is 18.0 Å². The van der Waals surface area contributed by atoms with Gasteiger partial charge in [-0.25, -0.2) is 9.59 Å². The van der Waals surface area contributed by atoms with Crippen LogP contribution in [0.15, 0.2) is 24.3 Å². The lowest BCUT2D eigenvalue weighted by atomic mass is 9.95. The van der Waals surface area contributed by atoms with E-state index in [1.165, 1.54) is 16.0 Å². The van der Waals surface area contributed by atoms with Crippen LogP contribution in [0.1, 0.15) is 26.7 Å². The minimum atomic E-state index is -0.677. The van der Waals surface area contributed by atoms with Gasteiger partial charge in [-0.2, -0.15) is 0 Å². The van der Waals surface area contributed by atoms with Crippen LogP contribution < -0.4 is 0 Å². The SMILES string of the molecule is CCCC(=O)OCCN1C(=O)OC(=O)C1C.c1cc2ccc1-2. The van der Waals surface area contributed by atoms with E-state index in [0.717, 1.165) is 6.42 Å². The maximum absolute atomic E-state index is 11.1. The summed E-state index contributed by atoms with van der Waals surface area (Å²) in [4.78, 5) is 34.4. The van der Waals surface area contributed by atoms with Crippen molar-refractivity contribution in [1.29, 1.82) is 0 Å². The molecule has 0 saturated carbocycles. The van der Waals surface area contributed by atoms with Crippen LogP contribution in [0.25, 0.3) is 11.1 Å². The number of carbonyl (C=O) groups excluding carboxylic acids is 3. The first-order chi connectivity index (χ1) is 10.5. The molecule has 3 rings (SSSR count). The molecule has 1 aliphatic heterocycles. The number of hydrogen-bond donors (Lipinski definition) is 0. The highest BCUT2D eigenvalue weighted by atomic mass is 16.6. The molecule has 1 saturated heterocycles. The normalized spacial score (nSPS) is 17.5. The summed E-state index contributed by atoms with van der Waals surface area (Å²) < 4.78 is 9.28. The Labute approximate surface area is 129 Å². The van der Waals surface area contributed by atoms with Gasteiger partial charge in [-0.1, -0.05) is 31.2 Å². The van der Waals surface area contributed by atoms with Crippen LogP contribution in [-0.4, -0.2) is 42.1 Å². The summed E-state index contributed by atoms with van der Waals surface area (Å²) in [5, 5.41) is 0. The first-order valence-electron chi connectivity index (χ1n) is 7.31. The number of nitrogens with zero attached hydrogens (tertiary/aromatic N) is 1. The van der Waals surface area contributed by atoms with E-state index in [2.05, 4.69) is 29.0 Å². The Hall–Kier alpha value is -2.37. The zero-order valence-electron chi connectivity index (χ0n) is 12.7. The van der Waals surface area contributed by atoms with E-state index in [9.17, 15) is 14.4 Å². The minimum absolute atomic E-state index is 0.0888. The van der Waals surface area contributed by atoms with E-state index in [1.807, 2.05) is 6.92 Å². The van der Waals surface area contributed by atoms with Crippen LogP contribution in [-0.2, 0) is 19.1 Å². The predicted molar refractivity (Wildman–Crippen MR) is 79.0 cm³/mol. The second-order valence-corrected chi connectivity index (χ2v) is 5.10. The maximum Gasteiger partial charge on any atom is 0.418 e. The van der Waals surface area contributed by atoms with Crippen LogP contribution in [0.2, 0.25) is 0 Å². The van der Waals surface area contributed by atoms with Crippen molar-refractivity contribution in [2.45, 2.75) is 32.7 Å². The topological polar surface area (TPSA) is 72.9 Å². The third kappa shape index (κ3) is 3.63. The number of rotatable bonds is 5. The molecule has 1 amide bonds. The fourth-order valence-corrected chi connectivity index (χ4v) is 2.00. The average molecular weight is 305 g/mol. The Morgan fingerprint density at radius 2 is 1.82 bits per heavy atom. The number of cyclic esters (lactones) is 2. The molecule has 0 N–H and O–H groups in total. The monoisotopic (exact) mass is 305 g/mol.